The van der Waals surface area contributed by atoms with Gasteiger partial charge in [-0.25, -0.2) is 9.18 Å². The van der Waals surface area contributed by atoms with Crippen LogP contribution in [0.5, 0.6) is 5.75 Å². The van der Waals surface area contributed by atoms with Gasteiger partial charge in [-0.05, 0) is 55.7 Å². The molecule has 2 N–H and O–H groups in total. The zero-order chi connectivity index (χ0) is 21.1. The van der Waals surface area contributed by atoms with Gasteiger partial charge in [-0.3, -0.25) is 9.78 Å². The van der Waals surface area contributed by atoms with Crippen molar-refractivity contribution in [3.8, 4) is 5.75 Å². The number of hydrogen-bond acceptors (Lipinski definition) is 4. The Morgan fingerprint density at radius 2 is 1.69 bits per heavy atom. The summed E-state index contributed by atoms with van der Waals surface area (Å²) >= 11 is 0. The molecule has 0 saturated carbocycles. The van der Waals surface area contributed by atoms with Crippen LogP contribution in [0, 0.1) is 5.82 Å². The molecule has 7 heteroatoms. The molecule has 0 aliphatic heterocycles. The molecule has 0 aliphatic carbocycles. The smallest absolute Gasteiger partial charge is 0.339 e. The number of amides is 1. The molecule has 0 unspecified atom stereocenters. The van der Waals surface area contributed by atoms with E-state index in [1.807, 2.05) is 13.8 Å². The lowest BCUT2D eigenvalue weighted by atomic mass is 9.98. The van der Waals surface area contributed by atoms with Crippen LogP contribution in [0.2, 0.25) is 0 Å². The SMILES string of the molecule is CCN(CC)C(=O)c1cc(C(=O)O)c(O)c2ncc(Cc3ccc(F)cc3)cc12. The van der Waals surface area contributed by atoms with Crippen molar-refractivity contribution in [2.45, 2.75) is 20.3 Å². The van der Waals surface area contributed by atoms with Gasteiger partial charge in [0.1, 0.15) is 16.9 Å². The van der Waals surface area contributed by atoms with Gasteiger partial charge in [0.25, 0.3) is 5.91 Å². The van der Waals surface area contributed by atoms with E-state index in [1.165, 1.54) is 24.4 Å². The quantitative estimate of drug-likeness (QED) is 0.660. The molecule has 150 valence electrons. The highest BCUT2D eigenvalue weighted by atomic mass is 19.1. The standard InChI is InChI=1S/C22H21FN2O4/c1-3-25(4-2)21(27)17-11-18(22(28)29)20(26)19-16(17)10-14(12-24-19)9-13-5-7-15(23)8-6-13/h5-8,10-12,26H,3-4,9H2,1-2H3,(H,28,29). The molecule has 0 spiro atoms. The lowest BCUT2D eigenvalue weighted by Crippen LogP contribution is -2.30. The summed E-state index contributed by atoms with van der Waals surface area (Å²) < 4.78 is 13.1. The first kappa shape index (κ1) is 20.3. The summed E-state index contributed by atoms with van der Waals surface area (Å²) in [5.41, 5.74) is 1.47. The lowest BCUT2D eigenvalue weighted by Gasteiger charge is -2.20. The third-order valence-electron chi connectivity index (χ3n) is 4.84. The summed E-state index contributed by atoms with van der Waals surface area (Å²) in [5.74, 6) is -2.47. The molecular formula is C22H21FN2O4. The largest absolute Gasteiger partial charge is 0.505 e. The second-order valence-electron chi connectivity index (χ2n) is 6.65. The number of fused-ring (bicyclic) bond motifs is 1. The summed E-state index contributed by atoms with van der Waals surface area (Å²) in [6.07, 6.45) is 1.96. The van der Waals surface area contributed by atoms with Gasteiger partial charge in [0.15, 0.2) is 5.75 Å². The van der Waals surface area contributed by atoms with Gasteiger partial charge in [0.2, 0.25) is 0 Å². The van der Waals surface area contributed by atoms with Crippen LogP contribution in [0.1, 0.15) is 45.7 Å². The van der Waals surface area contributed by atoms with Crippen molar-refractivity contribution in [3.63, 3.8) is 0 Å². The van der Waals surface area contributed by atoms with E-state index in [9.17, 15) is 24.2 Å². The Kier molecular flexibility index (Phi) is 5.77. The topological polar surface area (TPSA) is 90.7 Å². The summed E-state index contributed by atoms with van der Waals surface area (Å²) in [7, 11) is 0. The number of aromatic hydroxyl groups is 1. The molecule has 3 aromatic rings. The Morgan fingerprint density at radius 3 is 2.28 bits per heavy atom. The normalized spacial score (nSPS) is 10.9. The molecular weight excluding hydrogens is 375 g/mol. The van der Waals surface area contributed by atoms with Gasteiger partial charge in [-0.2, -0.15) is 0 Å². The lowest BCUT2D eigenvalue weighted by molar-refractivity contribution is 0.0694. The number of hydrogen-bond donors (Lipinski definition) is 2. The maximum absolute atomic E-state index is 13.1. The molecule has 0 bridgehead atoms. The van der Waals surface area contributed by atoms with Crippen LogP contribution in [0.15, 0.2) is 42.6 Å². The summed E-state index contributed by atoms with van der Waals surface area (Å²) in [4.78, 5) is 30.3. The molecule has 29 heavy (non-hydrogen) atoms. The number of phenols is 1. The van der Waals surface area contributed by atoms with E-state index < -0.39 is 11.7 Å². The second kappa shape index (κ2) is 8.26. The van der Waals surface area contributed by atoms with Crippen molar-refractivity contribution < 1.29 is 24.2 Å². The van der Waals surface area contributed by atoms with Crippen molar-refractivity contribution in [1.82, 2.24) is 9.88 Å². The predicted octanol–water partition coefficient (Wildman–Crippen LogP) is 3.85. The number of carbonyl (C=O) groups excluding carboxylic acids is 1. The summed E-state index contributed by atoms with van der Waals surface area (Å²) in [6, 6.07) is 8.96. The average Bonchev–Trinajstić information content (AvgIpc) is 2.70. The van der Waals surface area contributed by atoms with Crippen molar-refractivity contribution in [1.29, 1.82) is 0 Å². The highest BCUT2D eigenvalue weighted by Gasteiger charge is 2.23. The minimum atomic E-state index is -1.34. The first-order valence-electron chi connectivity index (χ1n) is 9.27. The number of carboxylic acid groups (broad SMARTS) is 1. The Balaban J connectivity index is 2.17. The van der Waals surface area contributed by atoms with E-state index in [0.717, 1.165) is 11.1 Å². The number of carboxylic acids is 1. The van der Waals surface area contributed by atoms with Crippen molar-refractivity contribution in [2.24, 2.45) is 0 Å². The van der Waals surface area contributed by atoms with Gasteiger partial charge in [-0.15, -0.1) is 0 Å². The van der Waals surface area contributed by atoms with Crippen molar-refractivity contribution in [3.05, 3.63) is 70.7 Å². The van der Waals surface area contributed by atoms with Gasteiger partial charge in [0.05, 0.1) is 5.56 Å². The minimum Gasteiger partial charge on any atom is -0.505 e. The fourth-order valence-corrected chi connectivity index (χ4v) is 3.28. The van der Waals surface area contributed by atoms with Gasteiger partial charge in [0, 0.05) is 24.7 Å². The van der Waals surface area contributed by atoms with Crippen LogP contribution < -0.4 is 0 Å². The molecule has 2 aromatic carbocycles. The fraction of sp³-hybridized carbons (Fsp3) is 0.227. The molecule has 0 saturated heterocycles. The second-order valence-corrected chi connectivity index (χ2v) is 6.65. The predicted molar refractivity (Wildman–Crippen MR) is 107 cm³/mol. The van der Waals surface area contributed by atoms with Gasteiger partial charge in [-0.1, -0.05) is 12.1 Å². The van der Waals surface area contributed by atoms with E-state index in [2.05, 4.69) is 4.98 Å². The zero-order valence-corrected chi connectivity index (χ0v) is 16.1. The molecule has 6 nitrogen and oxygen atoms in total. The molecule has 0 radical (unpaired) electrons. The highest BCUT2D eigenvalue weighted by Crippen LogP contribution is 2.32. The van der Waals surface area contributed by atoms with E-state index >= 15 is 0 Å². The van der Waals surface area contributed by atoms with Crippen molar-refractivity contribution >= 4 is 22.8 Å². The van der Waals surface area contributed by atoms with Crippen molar-refractivity contribution in [2.75, 3.05) is 13.1 Å². The number of rotatable bonds is 6. The summed E-state index contributed by atoms with van der Waals surface area (Å²) in [5, 5.41) is 20.2. The number of aromatic carboxylic acids is 1. The molecule has 1 heterocycles. The fourth-order valence-electron chi connectivity index (χ4n) is 3.28. The number of pyridine rings is 1. The molecule has 1 amide bonds. The number of halogens is 1. The van der Waals surface area contributed by atoms with E-state index in [0.29, 0.717) is 24.9 Å². The van der Waals surface area contributed by atoms with E-state index in [-0.39, 0.29) is 28.4 Å². The number of nitrogens with zero attached hydrogens (tertiary/aromatic N) is 2. The van der Waals surface area contributed by atoms with Crippen LogP contribution in [0.25, 0.3) is 10.9 Å². The first-order valence-corrected chi connectivity index (χ1v) is 9.27. The summed E-state index contributed by atoms with van der Waals surface area (Å²) in [6.45, 7) is 4.59. The van der Waals surface area contributed by atoms with Gasteiger partial charge >= 0.3 is 5.97 Å². The Bertz CT molecular complexity index is 1080. The van der Waals surface area contributed by atoms with Crippen LogP contribution in [0.4, 0.5) is 4.39 Å². The van der Waals surface area contributed by atoms with Crippen LogP contribution in [-0.4, -0.2) is 45.1 Å². The monoisotopic (exact) mass is 396 g/mol. The third kappa shape index (κ3) is 4.03. The Morgan fingerprint density at radius 1 is 1.03 bits per heavy atom. The molecule has 3 rings (SSSR count). The van der Waals surface area contributed by atoms with Crippen LogP contribution in [0.3, 0.4) is 0 Å². The number of aromatic nitrogens is 1. The first-order chi connectivity index (χ1) is 13.8. The third-order valence-corrected chi connectivity index (χ3v) is 4.84. The number of benzene rings is 2. The number of carbonyl (C=O) groups is 2. The minimum absolute atomic E-state index is 0.0586. The van der Waals surface area contributed by atoms with E-state index in [1.54, 1.807) is 23.1 Å². The van der Waals surface area contributed by atoms with E-state index in [4.69, 9.17) is 0 Å². The van der Waals surface area contributed by atoms with Crippen LogP contribution in [-0.2, 0) is 6.42 Å². The molecule has 0 fully saturated rings. The van der Waals surface area contributed by atoms with Crippen LogP contribution >= 0.6 is 0 Å². The zero-order valence-electron chi connectivity index (χ0n) is 16.1. The van der Waals surface area contributed by atoms with Gasteiger partial charge < -0.3 is 15.1 Å². The molecule has 1 aromatic heterocycles. The average molecular weight is 396 g/mol. The Hall–Kier alpha value is -3.48. The Labute approximate surface area is 167 Å². The maximum Gasteiger partial charge on any atom is 0.339 e. The molecule has 0 aliphatic rings. The maximum atomic E-state index is 13.1. The highest BCUT2D eigenvalue weighted by molar-refractivity contribution is 6.11. The molecule has 0 atom stereocenters.